The van der Waals surface area contributed by atoms with Crippen molar-refractivity contribution in [1.29, 1.82) is 0 Å². The van der Waals surface area contributed by atoms with Crippen LogP contribution in [0.25, 0.3) is 0 Å². The van der Waals surface area contributed by atoms with Crippen molar-refractivity contribution in [3.63, 3.8) is 0 Å². The van der Waals surface area contributed by atoms with E-state index in [1.165, 1.54) is 18.2 Å². The van der Waals surface area contributed by atoms with E-state index in [0.717, 1.165) is 23.9 Å². The molecule has 0 aliphatic heterocycles. The van der Waals surface area contributed by atoms with E-state index in [-0.39, 0.29) is 23.2 Å². The molecule has 3 rings (SSSR count). The van der Waals surface area contributed by atoms with E-state index < -0.39 is 23.2 Å². The second-order valence-corrected chi connectivity index (χ2v) is 7.02. The summed E-state index contributed by atoms with van der Waals surface area (Å²) in [5, 5.41) is 2.60. The number of hydrogen-bond donors (Lipinski definition) is 2. The molecule has 0 atom stereocenters. The van der Waals surface area contributed by atoms with E-state index in [9.17, 15) is 22.8 Å². The topological polar surface area (TPSA) is 84.1 Å². The van der Waals surface area contributed by atoms with Gasteiger partial charge in [-0.2, -0.15) is 13.2 Å². The van der Waals surface area contributed by atoms with E-state index in [1.54, 1.807) is 12.1 Å². The number of ether oxygens (including phenoxy) is 1. The standard InChI is InChI=1S/C20H16F3N3O3S/c21-20(22,23)13-5-4-6-14(9-13)24-18(28)12-30-19-25-15(10-17(27)26-19)11-29-16-7-2-1-3-8-16/h1-10H,11-12H2,(H,24,28)(H,25,26,27). The van der Waals surface area contributed by atoms with Gasteiger partial charge in [-0.25, -0.2) is 4.98 Å². The first kappa shape index (κ1) is 21.4. The lowest BCUT2D eigenvalue weighted by Crippen LogP contribution is -2.16. The number of nitrogens with one attached hydrogen (secondary N) is 2. The Labute approximate surface area is 173 Å². The minimum Gasteiger partial charge on any atom is -0.487 e. The average molecular weight is 435 g/mol. The van der Waals surface area contributed by atoms with E-state index >= 15 is 0 Å². The first-order chi connectivity index (χ1) is 14.3. The molecule has 0 spiro atoms. The summed E-state index contributed by atoms with van der Waals surface area (Å²) in [6.07, 6.45) is -4.50. The summed E-state index contributed by atoms with van der Waals surface area (Å²) in [6, 6.07) is 14.6. The zero-order valence-corrected chi connectivity index (χ0v) is 16.2. The van der Waals surface area contributed by atoms with Crippen molar-refractivity contribution in [3.05, 3.63) is 82.3 Å². The molecule has 10 heteroatoms. The second-order valence-electron chi connectivity index (χ2n) is 6.06. The number of thioether (sulfide) groups is 1. The average Bonchev–Trinajstić information content (AvgIpc) is 2.71. The van der Waals surface area contributed by atoms with Gasteiger partial charge >= 0.3 is 6.18 Å². The van der Waals surface area contributed by atoms with Gasteiger partial charge in [-0.1, -0.05) is 36.0 Å². The molecule has 0 bridgehead atoms. The molecule has 156 valence electrons. The van der Waals surface area contributed by atoms with Gasteiger partial charge in [-0.15, -0.1) is 0 Å². The monoisotopic (exact) mass is 435 g/mol. The summed E-state index contributed by atoms with van der Waals surface area (Å²) < 4.78 is 43.8. The fraction of sp³-hybridized carbons (Fsp3) is 0.150. The van der Waals surface area contributed by atoms with Gasteiger partial charge in [-0.05, 0) is 30.3 Å². The second kappa shape index (κ2) is 9.49. The van der Waals surface area contributed by atoms with Crippen LogP contribution in [0.2, 0.25) is 0 Å². The summed E-state index contributed by atoms with van der Waals surface area (Å²) in [7, 11) is 0. The molecule has 6 nitrogen and oxygen atoms in total. The van der Waals surface area contributed by atoms with E-state index in [0.29, 0.717) is 11.4 Å². The van der Waals surface area contributed by atoms with Crippen LogP contribution in [-0.2, 0) is 17.6 Å². The third kappa shape index (κ3) is 6.38. The summed E-state index contributed by atoms with van der Waals surface area (Å²) in [6.45, 7) is 0.0674. The fourth-order valence-electron chi connectivity index (χ4n) is 2.40. The molecule has 30 heavy (non-hydrogen) atoms. The van der Waals surface area contributed by atoms with Gasteiger partial charge in [0, 0.05) is 11.8 Å². The number of carbonyl (C=O) groups is 1. The molecule has 2 aromatic carbocycles. The summed E-state index contributed by atoms with van der Waals surface area (Å²) >= 11 is 0.951. The van der Waals surface area contributed by atoms with Gasteiger partial charge in [0.05, 0.1) is 17.0 Å². The Morgan fingerprint density at radius 2 is 1.87 bits per heavy atom. The molecule has 1 aromatic heterocycles. The Bertz CT molecular complexity index is 1070. The number of halogens is 3. The molecule has 1 heterocycles. The third-order valence-electron chi connectivity index (χ3n) is 3.72. The van der Waals surface area contributed by atoms with Crippen LogP contribution in [0.3, 0.4) is 0 Å². The Balaban J connectivity index is 1.58. The van der Waals surface area contributed by atoms with Gasteiger partial charge in [0.1, 0.15) is 12.4 Å². The van der Waals surface area contributed by atoms with E-state index in [1.807, 2.05) is 18.2 Å². The highest BCUT2D eigenvalue weighted by molar-refractivity contribution is 7.99. The Hall–Kier alpha value is -3.27. The van der Waals surface area contributed by atoms with Crippen LogP contribution in [-0.4, -0.2) is 21.6 Å². The number of amides is 1. The van der Waals surface area contributed by atoms with Crippen LogP contribution < -0.4 is 15.6 Å². The fourth-order valence-corrected chi connectivity index (χ4v) is 3.10. The number of benzene rings is 2. The Kier molecular flexibility index (Phi) is 6.78. The molecule has 0 aliphatic rings. The number of hydrogen-bond acceptors (Lipinski definition) is 5. The number of aromatic amines is 1. The van der Waals surface area contributed by atoms with Gasteiger partial charge in [-0.3, -0.25) is 9.59 Å². The van der Waals surface area contributed by atoms with Gasteiger partial charge in [0.2, 0.25) is 5.91 Å². The lowest BCUT2D eigenvalue weighted by Gasteiger charge is -2.10. The molecule has 0 unspecified atom stereocenters. The molecular weight excluding hydrogens is 419 g/mol. The minimum absolute atomic E-state index is 0.0295. The Morgan fingerprint density at radius 3 is 2.60 bits per heavy atom. The lowest BCUT2D eigenvalue weighted by atomic mass is 10.2. The van der Waals surface area contributed by atoms with Crippen molar-refractivity contribution in [2.24, 2.45) is 0 Å². The lowest BCUT2D eigenvalue weighted by molar-refractivity contribution is -0.137. The minimum atomic E-state index is -4.50. The van der Waals surface area contributed by atoms with Gasteiger partial charge in [0.15, 0.2) is 5.16 Å². The molecule has 1 amide bonds. The zero-order chi connectivity index (χ0) is 21.6. The highest BCUT2D eigenvalue weighted by atomic mass is 32.2. The van der Waals surface area contributed by atoms with Crippen LogP contribution in [0.15, 0.2) is 70.6 Å². The molecule has 3 aromatic rings. The highest BCUT2D eigenvalue weighted by Gasteiger charge is 2.30. The molecule has 2 N–H and O–H groups in total. The number of alkyl halides is 3. The number of anilines is 1. The van der Waals surface area contributed by atoms with Crippen molar-refractivity contribution in [3.8, 4) is 5.75 Å². The van der Waals surface area contributed by atoms with Crippen LogP contribution in [0, 0.1) is 0 Å². The number of rotatable bonds is 7. The number of H-pyrrole nitrogens is 1. The SMILES string of the molecule is O=C(CSc1nc(COc2ccccc2)cc(=O)[nH]1)Nc1cccc(C(F)(F)F)c1. The van der Waals surface area contributed by atoms with E-state index in [4.69, 9.17) is 4.74 Å². The highest BCUT2D eigenvalue weighted by Crippen LogP contribution is 2.30. The van der Waals surface area contributed by atoms with Crippen LogP contribution in [0.4, 0.5) is 18.9 Å². The maximum atomic E-state index is 12.8. The first-order valence-electron chi connectivity index (χ1n) is 8.67. The van der Waals surface area contributed by atoms with Crippen LogP contribution in [0.5, 0.6) is 5.75 Å². The van der Waals surface area contributed by atoms with Crippen molar-refractivity contribution in [2.75, 3.05) is 11.1 Å². The third-order valence-corrected chi connectivity index (χ3v) is 4.59. The molecule has 0 saturated carbocycles. The maximum absolute atomic E-state index is 12.8. The summed E-state index contributed by atoms with van der Waals surface area (Å²) in [4.78, 5) is 30.6. The maximum Gasteiger partial charge on any atom is 0.416 e. The van der Waals surface area contributed by atoms with Crippen molar-refractivity contribution in [2.45, 2.75) is 17.9 Å². The summed E-state index contributed by atoms with van der Waals surface area (Å²) in [5.41, 5.74) is -0.854. The molecule has 0 saturated heterocycles. The Morgan fingerprint density at radius 1 is 1.10 bits per heavy atom. The largest absolute Gasteiger partial charge is 0.487 e. The predicted octanol–water partition coefficient (Wildman–Crippen LogP) is 4.10. The first-order valence-corrected chi connectivity index (χ1v) is 9.66. The van der Waals surface area contributed by atoms with Gasteiger partial charge in [0.25, 0.3) is 5.56 Å². The summed E-state index contributed by atoms with van der Waals surface area (Å²) in [5.74, 6) is -0.0653. The van der Waals surface area contributed by atoms with Gasteiger partial charge < -0.3 is 15.0 Å². The number of para-hydroxylation sites is 1. The predicted molar refractivity (Wildman–Crippen MR) is 106 cm³/mol. The van der Waals surface area contributed by atoms with Crippen molar-refractivity contribution in [1.82, 2.24) is 9.97 Å². The normalized spacial score (nSPS) is 11.2. The molecule has 0 aliphatic carbocycles. The quantitative estimate of drug-likeness (QED) is 0.431. The van der Waals surface area contributed by atoms with Crippen molar-refractivity contribution < 1.29 is 22.7 Å². The zero-order valence-electron chi connectivity index (χ0n) is 15.4. The molecular formula is C20H16F3N3O3S. The molecule has 0 fully saturated rings. The molecule has 0 radical (unpaired) electrons. The van der Waals surface area contributed by atoms with Crippen LogP contribution >= 0.6 is 11.8 Å². The smallest absolute Gasteiger partial charge is 0.416 e. The van der Waals surface area contributed by atoms with Crippen LogP contribution in [0.1, 0.15) is 11.3 Å². The van der Waals surface area contributed by atoms with Crippen molar-refractivity contribution >= 4 is 23.4 Å². The number of aromatic nitrogens is 2. The number of carbonyl (C=O) groups excluding carboxylic acids is 1. The van der Waals surface area contributed by atoms with E-state index in [2.05, 4.69) is 15.3 Å². The number of nitrogens with zero attached hydrogens (tertiary/aromatic N) is 1.